The van der Waals surface area contributed by atoms with Crippen LogP contribution in [0.3, 0.4) is 0 Å². The van der Waals surface area contributed by atoms with Crippen LogP contribution in [0, 0.1) is 13.8 Å². The highest BCUT2D eigenvalue weighted by molar-refractivity contribution is 6.42. The van der Waals surface area contributed by atoms with Crippen LogP contribution in [-0.4, -0.2) is 34.1 Å². The van der Waals surface area contributed by atoms with E-state index >= 15 is 0 Å². The molecular formula is C24H21Cl3N4O3. The minimum absolute atomic E-state index is 0.228. The molecule has 1 aromatic heterocycles. The minimum Gasteiger partial charge on any atom is -0.494 e. The quantitative estimate of drug-likeness (QED) is 0.305. The van der Waals surface area contributed by atoms with E-state index in [-0.39, 0.29) is 28.3 Å². The first-order chi connectivity index (χ1) is 16.3. The lowest BCUT2D eigenvalue weighted by molar-refractivity contribution is -0.118. The maximum atomic E-state index is 12.5. The van der Waals surface area contributed by atoms with Gasteiger partial charge in [-0.15, -0.1) is 10.2 Å². The first-order valence-corrected chi connectivity index (χ1v) is 11.6. The molecule has 0 radical (unpaired) electrons. The van der Waals surface area contributed by atoms with Crippen molar-refractivity contribution in [2.45, 2.75) is 20.8 Å². The van der Waals surface area contributed by atoms with E-state index in [4.69, 9.17) is 44.3 Å². The van der Waals surface area contributed by atoms with Gasteiger partial charge in [-0.25, -0.2) is 0 Å². The summed E-state index contributed by atoms with van der Waals surface area (Å²) < 4.78 is 11.1. The summed E-state index contributed by atoms with van der Waals surface area (Å²) in [7, 11) is 0. The van der Waals surface area contributed by atoms with Gasteiger partial charge in [-0.1, -0.05) is 34.8 Å². The molecule has 0 spiro atoms. The summed E-state index contributed by atoms with van der Waals surface area (Å²) in [4.78, 5) is 14.0. The molecule has 4 aromatic rings. The third-order valence-electron chi connectivity index (χ3n) is 5.11. The molecule has 0 saturated heterocycles. The average molecular weight is 520 g/mol. The topological polar surface area (TPSA) is 78.3 Å². The summed E-state index contributed by atoms with van der Waals surface area (Å²) in [6.07, 6.45) is 0. The number of nitrogens with zero attached hydrogens (tertiary/aromatic N) is 3. The molecule has 34 heavy (non-hydrogen) atoms. The Bertz CT molecular complexity index is 1340. The van der Waals surface area contributed by atoms with Crippen molar-refractivity contribution in [2.24, 2.45) is 0 Å². The summed E-state index contributed by atoms with van der Waals surface area (Å²) in [5, 5.41) is 12.8. The van der Waals surface area contributed by atoms with Gasteiger partial charge in [0.15, 0.2) is 12.4 Å². The molecule has 1 amide bonds. The smallest absolute Gasteiger partial charge is 0.262 e. The van der Waals surface area contributed by atoms with Crippen molar-refractivity contribution in [1.82, 2.24) is 15.0 Å². The lowest BCUT2D eigenvalue weighted by Crippen LogP contribution is -2.20. The van der Waals surface area contributed by atoms with Gasteiger partial charge in [0.05, 0.1) is 22.3 Å². The van der Waals surface area contributed by atoms with E-state index in [9.17, 15) is 4.79 Å². The van der Waals surface area contributed by atoms with Crippen molar-refractivity contribution in [1.29, 1.82) is 0 Å². The molecule has 0 unspecified atom stereocenters. The van der Waals surface area contributed by atoms with Crippen LogP contribution in [0.2, 0.25) is 15.1 Å². The largest absolute Gasteiger partial charge is 0.494 e. The second-order valence-electron chi connectivity index (χ2n) is 7.48. The third kappa shape index (κ3) is 4.92. The van der Waals surface area contributed by atoms with Crippen LogP contribution in [0.1, 0.15) is 18.1 Å². The molecule has 176 valence electrons. The molecule has 0 saturated carbocycles. The second kappa shape index (κ2) is 10.1. The number of carbonyl (C=O) groups excluding carboxylic acids is 1. The van der Waals surface area contributed by atoms with Crippen molar-refractivity contribution in [3.05, 3.63) is 68.7 Å². The van der Waals surface area contributed by atoms with Crippen molar-refractivity contribution in [3.63, 3.8) is 0 Å². The average Bonchev–Trinajstić information content (AvgIpc) is 3.25. The fourth-order valence-electron chi connectivity index (χ4n) is 3.32. The van der Waals surface area contributed by atoms with Gasteiger partial charge in [0, 0.05) is 10.7 Å². The Morgan fingerprint density at radius 2 is 1.56 bits per heavy atom. The number of nitrogens with one attached hydrogen (secondary N) is 1. The van der Waals surface area contributed by atoms with Crippen molar-refractivity contribution in [2.75, 3.05) is 18.5 Å². The van der Waals surface area contributed by atoms with Gasteiger partial charge in [0.1, 0.15) is 16.8 Å². The Kier molecular flexibility index (Phi) is 7.16. The first-order valence-electron chi connectivity index (χ1n) is 10.4. The number of fused-ring (bicyclic) bond motifs is 1. The van der Waals surface area contributed by atoms with E-state index in [0.29, 0.717) is 39.5 Å². The highest BCUT2D eigenvalue weighted by atomic mass is 35.5. The van der Waals surface area contributed by atoms with Gasteiger partial charge in [-0.05, 0) is 74.4 Å². The standard InChI is InChI=1S/C24H21Cl3N4O3/c1-4-33-17-8-6-16(7-9-17)31-29-18-10-5-15(11-19(18)30-31)28-20(32)12-34-24-22(26)13(2)21(25)14(3)23(24)27/h5-11H,4,12H2,1-3H3,(H,28,32). The summed E-state index contributed by atoms with van der Waals surface area (Å²) in [6.45, 7) is 5.77. The molecule has 10 heteroatoms. The highest BCUT2D eigenvalue weighted by Crippen LogP contribution is 2.42. The number of rotatable bonds is 7. The van der Waals surface area contributed by atoms with Gasteiger partial charge in [0.25, 0.3) is 5.91 Å². The van der Waals surface area contributed by atoms with Gasteiger partial charge >= 0.3 is 0 Å². The summed E-state index contributed by atoms with van der Waals surface area (Å²) in [6, 6.07) is 12.7. The predicted molar refractivity (Wildman–Crippen MR) is 135 cm³/mol. The SMILES string of the molecule is CCOc1ccc(-n2nc3ccc(NC(=O)COc4c(Cl)c(C)c(Cl)c(C)c4Cl)cc3n2)cc1. The maximum absolute atomic E-state index is 12.5. The number of ether oxygens (including phenoxy) is 2. The molecule has 0 atom stereocenters. The van der Waals surface area contributed by atoms with Gasteiger partial charge in [0.2, 0.25) is 0 Å². The molecule has 0 aliphatic carbocycles. The maximum Gasteiger partial charge on any atom is 0.262 e. The zero-order valence-corrected chi connectivity index (χ0v) is 20.9. The van der Waals surface area contributed by atoms with Crippen LogP contribution in [0.25, 0.3) is 16.7 Å². The molecule has 3 aromatic carbocycles. The molecule has 0 aliphatic rings. The van der Waals surface area contributed by atoms with Gasteiger partial charge in [-0.3, -0.25) is 4.79 Å². The van der Waals surface area contributed by atoms with Crippen molar-refractivity contribution < 1.29 is 14.3 Å². The molecular weight excluding hydrogens is 499 g/mol. The Labute approximate surface area is 211 Å². The van der Waals surface area contributed by atoms with Crippen LogP contribution in [0.5, 0.6) is 11.5 Å². The Morgan fingerprint density at radius 1 is 0.912 bits per heavy atom. The van der Waals surface area contributed by atoms with Crippen LogP contribution in [0.15, 0.2) is 42.5 Å². The van der Waals surface area contributed by atoms with E-state index in [1.165, 1.54) is 4.80 Å². The fraction of sp³-hybridized carbons (Fsp3) is 0.208. The number of amides is 1. The molecule has 0 bridgehead atoms. The number of hydrogen-bond donors (Lipinski definition) is 1. The Balaban J connectivity index is 1.46. The van der Waals surface area contributed by atoms with E-state index in [0.717, 1.165) is 11.4 Å². The number of anilines is 1. The minimum atomic E-state index is -0.379. The lowest BCUT2D eigenvalue weighted by Gasteiger charge is -2.15. The summed E-state index contributed by atoms with van der Waals surface area (Å²) in [5.41, 5.74) is 3.95. The summed E-state index contributed by atoms with van der Waals surface area (Å²) in [5.74, 6) is 0.629. The third-order valence-corrected chi connectivity index (χ3v) is 6.58. The molecule has 0 aliphatic heterocycles. The number of benzene rings is 3. The zero-order valence-electron chi connectivity index (χ0n) is 18.7. The lowest BCUT2D eigenvalue weighted by atomic mass is 10.1. The number of hydrogen-bond acceptors (Lipinski definition) is 5. The second-order valence-corrected chi connectivity index (χ2v) is 8.61. The Hall–Kier alpha value is -3.00. The monoisotopic (exact) mass is 518 g/mol. The van der Waals surface area contributed by atoms with E-state index in [1.807, 2.05) is 31.2 Å². The van der Waals surface area contributed by atoms with Gasteiger partial charge in [-0.2, -0.15) is 4.80 Å². The van der Waals surface area contributed by atoms with Crippen molar-refractivity contribution in [3.8, 4) is 17.2 Å². The normalized spacial score (nSPS) is 11.0. The van der Waals surface area contributed by atoms with E-state index in [1.54, 1.807) is 32.0 Å². The predicted octanol–water partition coefficient (Wildman–Crippen LogP) is 6.41. The molecule has 1 heterocycles. The first kappa shape index (κ1) is 24.1. The number of halogens is 3. The molecule has 1 N–H and O–H groups in total. The number of carbonyl (C=O) groups is 1. The molecule has 4 rings (SSSR count). The zero-order chi connectivity index (χ0) is 24.4. The molecule has 0 fully saturated rings. The van der Waals surface area contributed by atoms with Gasteiger partial charge < -0.3 is 14.8 Å². The van der Waals surface area contributed by atoms with Crippen molar-refractivity contribution >= 4 is 57.4 Å². The fourth-order valence-corrected chi connectivity index (χ4v) is 4.14. The van der Waals surface area contributed by atoms with Crippen LogP contribution in [0.4, 0.5) is 5.69 Å². The van der Waals surface area contributed by atoms with Crippen LogP contribution in [-0.2, 0) is 4.79 Å². The van der Waals surface area contributed by atoms with Crippen LogP contribution < -0.4 is 14.8 Å². The van der Waals surface area contributed by atoms with Crippen LogP contribution >= 0.6 is 34.8 Å². The Morgan fingerprint density at radius 3 is 2.21 bits per heavy atom. The number of aromatic nitrogens is 3. The van der Waals surface area contributed by atoms with E-state index < -0.39 is 0 Å². The highest BCUT2D eigenvalue weighted by Gasteiger charge is 2.19. The molecule has 7 nitrogen and oxygen atoms in total. The summed E-state index contributed by atoms with van der Waals surface area (Å²) >= 11 is 18.8. The van der Waals surface area contributed by atoms with E-state index in [2.05, 4.69) is 15.5 Å².